The molecule has 16 heavy (non-hydrogen) atoms. The fourth-order valence-corrected chi connectivity index (χ4v) is 1.29. The number of rotatable bonds is 6. The van der Waals surface area contributed by atoms with Gasteiger partial charge in [0.05, 0.1) is 0 Å². The van der Waals surface area contributed by atoms with Crippen LogP contribution in [0, 0.1) is 6.92 Å². The second-order valence-electron chi connectivity index (χ2n) is 3.76. The smallest absolute Gasteiger partial charge is 0.326 e. The van der Waals surface area contributed by atoms with E-state index in [0.29, 0.717) is 12.4 Å². The van der Waals surface area contributed by atoms with Crippen LogP contribution in [0.2, 0.25) is 0 Å². The summed E-state index contributed by atoms with van der Waals surface area (Å²) in [4.78, 5) is 19.0. The minimum absolute atomic E-state index is 0.370. The molecule has 0 saturated carbocycles. The number of hydrogen-bond acceptors (Lipinski definition) is 4. The normalized spacial score (nSPS) is 12.1. The number of aromatic nitrogens is 2. The van der Waals surface area contributed by atoms with Gasteiger partial charge in [-0.2, -0.15) is 0 Å². The molecule has 0 aliphatic rings. The monoisotopic (exact) mass is 223 g/mol. The minimum atomic E-state index is -0.863. The molecule has 0 aliphatic heterocycles. The van der Waals surface area contributed by atoms with Crippen LogP contribution in [0.25, 0.3) is 0 Å². The molecule has 0 aliphatic carbocycles. The fraction of sp³-hybridized carbons (Fsp3) is 0.545. The summed E-state index contributed by atoms with van der Waals surface area (Å²) < 4.78 is 0. The van der Waals surface area contributed by atoms with Crippen LogP contribution < -0.4 is 5.32 Å². The lowest BCUT2D eigenvalue weighted by Gasteiger charge is -2.13. The van der Waals surface area contributed by atoms with Gasteiger partial charge in [-0.25, -0.2) is 14.8 Å². The zero-order valence-corrected chi connectivity index (χ0v) is 9.60. The second-order valence-corrected chi connectivity index (χ2v) is 3.76. The minimum Gasteiger partial charge on any atom is -0.480 e. The molecule has 5 heteroatoms. The summed E-state index contributed by atoms with van der Waals surface area (Å²) in [6.07, 6.45) is 5.75. The average molecular weight is 223 g/mol. The van der Waals surface area contributed by atoms with Crippen molar-refractivity contribution in [2.75, 3.05) is 5.32 Å². The molecule has 0 aromatic carbocycles. The first-order valence-electron chi connectivity index (χ1n) is 5.41. The van der Waals surface area contributed by atoms with E-state index in [2.05, 4.69) is 15.3 Å². The van der Waals surface area contributed by atoms with E-state index in [9.17, 15) is 4.79 Å². The number of nitrogens with zero attached hydrogens (tertiary/aromatic N) is 2. The SMILES string of the molecule is CCCC[C@H](Nc1ncc(C)cn1)C(=O)O. The first-order chi connectivity index (χ1) is 7.63. The number of carboxylic acid groups (broad SMARTS) is 1. The highest BCUT2D eigenvalue weighted by Crippen LogP contribution is 2.07. The van der Waals surface area contributed by atoms with Crippen LogP contribution in [0.3, 0.4) is 0 Å². The van der Waals surface area contributed by atoms with Crippen molar-refractivity contribution in [3.05, 3.63) is 18.0 Å². The highest BCUT2D eigenvalue weighted by molar-refractivity contribution is 5.76. The van der Waals surface area contributed by atoms with Crippen LogP contribution in [-0.4, -0.2) is 27.1 Å². The van der Waals surface area contributed by atoms with Crippen molar-refractivity contribution in [2.45, 2.75) is 39.2 Å². The molecule has 1 aromatic rings. The molecule has 88 valence electrons. The van der Waals surface area contributed by atoms with Crippen molar-refractivity contribution in [1.29, 1.82) is 0 Å². The molecule has 5 nitrogen and oxygen atoms in total. The van der Waals surface area contributed by atoms with Gasteiger partial charge in [0.15, 0.2) is 0 Å². The van der Waals surface area contributed by atoms with Crippen LogP contribution in [0.5, 0.6) is 0 Å². The molecular formula is C11H17N3O2. The third-order valence-electron chi connectivity index (χ3n) is 2.23. The summed E-state index contributed by atoms with van der Waals surface area (Å²) in [7, 11) is 0. The van der Waals surface area contributed by atoms with E-state index in [-0.39, 0.29) is 0 Å². The lowest BCUT2D eigenvalue weighted by molar-refractivity contribution is -0.138. The molecule has 2 N–H and O–H groups in total. The van der Waals surface area contributed by atoms with E-state index < -0.39 is 12.0 Å². The predicted octanol–water partition coefficient (Wildman–Crippen LogP) is 1.84. The fourth-order valence-electron chi connectivity index (χ4n) is 1.29. The molecule has 0 spiro atoms. The quantitative estimate of drug-likeness (QED) is 0.769. The lowest BCUT2D eigenvalue weighted by atomic mass is 10.1. The molecule has 1 aromatic heterocycles. The Morgan fingerprint density at radius 1 is 1.50 bits per heavy atom. The van der Waals surface area contributed by atoms with Gasteiger partial charge in [-0.05, 0) is 18.9 Å². The van der Waals surface area contributed by atoms with E-state index in [0.717, 1.165) is 18.4 Å². The Balaban J connectivity index is 2.60. The van der Waals surface area contributed by atoms with E-state index in [1.54, 1.807) is 12.4 Å². The average Bonchev–Trinajstić information content (AvgIpc) is 2.26. The lowest BCUT2D eigenvalue weighted by Crippen LogP contribution is -2.30. The Kier molecular flexibility index (Phi) is 4.69. The largest absolute Gasteiger partial charge is 0.480 e. The van der Waals surface area contributed by atoms with Gasteiger partial charge < -0.3 is 10.4 Å². The maximum absolute atomic E-state index is 11.0. The van der Waals surface area contributed by atoms with E-state index in [1.165, 1.54) is 0 Å². The molecule has 1 heterocycles. The molecule has 0 bridgehead atoms. The summed E-state index contributed by atoms with van der Waals surface area (Å²) in [6.45, 7) is 3.91. The van der Waals surface area contributed by atoms with Crippen LogP contribution in [0.4, 0.5) is 5.95 Å². The molecule has 1 atom stereocenters. The van der Waals surface area contributed by atoms with Gasteiger partial charge in [-0.1, -0.05) is 19.8 Å². The van der Waals surface area contributed by atoms with E-state index in [1.807, 2.05) is 13.8 Å². The van der Waals surface area contributed by atoms with Crippen molar-refractivity contribution < 1.29 is 9.90 Å². The van der Waals surface area contributed by atoms with Gasteiger partial charge in [-0.15, -0.1) is 0 Å². The third-order valence-corrected chi connectivity index (χ3v) is 2.23. The summed E-state index contributed by atoms with van der Waals surface area (Å²) in [5.41, 5.74) is 0.950. The Bertz CT molecular complexity index is 338. The van der Waals surface area contributed by atoms with Gasteiger partial charge in [-0.3, -0.25) is 0 Å². The number of unbranched alkanes of at least 4 members (excludes halogenated alkanes) is 1. The number of hydrogen-bond donors (Lipinski definition) is 2. The first kappa shape index (κ1) is 12.4. The zero-order chi connectivity index (χ0) is 12.0. The molecule has 0 radical (unpaired) electrons. The number of carboxylic acids is 1. The molecule has 0 amide bonds. The molecule has 1 rings (SSSR count). The maximum atomic E-state index is 11.0. The number of aliphatic carboxylic acids is 1. The Hall–Kier alpha value is -1.65. The van der Waals surface area contributed by atoms with Crippen molar-refractivity contribution in [1.82, 2.24) is 9.97 Å². The van der Waals surface area contributed by atoms with Gasteiger partial charge in [0, 0.05) is 12.4 Å². The van der Waals surface area contributed by atoms with Crippen LogP contribution >= 0.6 is 0 Å². The number of carbonyl (C=O) groups is 1. The summed E-state index contributed by atoms with van der Waals surface area (Å²) in [6, 6.07) is -0.609. The number of aryl methyl sites for hydroxylation is 1. The van der Waals surface area contributed by atoms with Gasteiger partial charge in [0.1, 0.15) is 6.04 Å². The zero-order valence-electron chi connectivity index (χ0n) is 9.60. The highest BCUT2D eigenvalue weighted by atomic mass is 16.4. The summed E-state index contributed by atoms with van der Waals surface area (Å²) in [5, 5.41) is 11.8. The van der Waals surface area contributed by atoms with Crippen LogP contribution in [0.1, 0.15) is 31.7 Å². The maximum Gasteiger partial charge on any atom is 0.326 e. The van der Waals surface area contributed by atoms with E-state index >= 15 is 0 Å². The first-order valence-corrected chi connectivity index (χ1v) is 5.41. The standard InChI is InChI=1S/C11H17N3O2/c1-3-4-5-9(10(15)16)14-11-12-6-8(2)7-13-11/h6-7,9H,3-5H2,1-2H3,(H,15,16)(H,12,13,14)/t9-/m0/s1. The van der Waals surface area contributed by atoms with Crippen molar-refractivity contribution >= 4 is 11.9 Å². The summed E-state index contributed by atoms with van der Waals surface area (Å²) >= 11 is 0. The topological polar surface area (TPSA) is 75.1 Å². The Labute approximate surface area is 94.9 Å². The number of nitrogens with one attached hydrogen (secondary N) is 1. The van der Waals surface area contributed by atoms with Crippen LogP contribution in [0.15, 0.2) is 12.4 Å². The molecule has 0 unspecified atom stereocenters. The second kappa shape index (κ2) is 6.05. The Morgan fingerprint density at radius 3 is 2.62 bits per heavy atom. The van der Waals surface area contributed by atoms with Crippen molar-refractivity contribution in [2.24, 2.45) is 0 Å². The van der Waals surface area contributed by atoms with Crippen LogP contribution in [-0.2, 0) is 4.79 Å². The third kappa shape index (κ3) is 3.84. The summed E-state index contributed by atoms with van der Waals surface area (Å²) in [5.74, 6) is -0.494. The van der Waals surface area contributed by atoms with Gasteiger partial charge >= 0.3 is 5.97 Å². The molecule has 0 saturated heterocycles. The van der Waals surface area contributed by atoms with Crippen molar-refractivity contribution in [3.63, 3.8) is 0 Å². The highest BCUT2D eigenvalue weighted by Gasteiger charge is 2.17. The molecule has 0 fully saturated rings. The predicted molar refractivity (Wildman–Crippen MR) is 61.3 cm³/mol. The molecular weight excluding hydrogens is 206 g/mol. The van der Waals surface area contributed by atoms with E-state index in [4.69, 9.17) is 5.11 Å². The van der Waals surface area contributed by atoms with Gasteiger partial charge in [0.25, 0.3) is 0 Å². The van der Waals surface area contributed by atoms with Crippen molar-refractivity contribution in [3.8, 4) is 0 Å². The van der Waals surface area contributed by atoms with Gasteiger partial charge in [0.2, 0.25) is 5.95 Å². The Morgan fingerprint density at radius 2 is 2.12 bits per heavy atom. The number of anilines is 1.